The van der Waals surface area contributed by atoms with Crippen LogP contribution in [0.1, 0.15) is 21.6 Å². The van der Waals surface area contributed by atoms with Gasteiger partial charge in [0.2, 0.25) is 0 Å². The van der Waals surface area contributed by atoms with Gasteiger partial charge in [-0.05, 0) is 17.7 Å². The number of nitrogens with two attached hydrogens (primary N) is 1. The standard InChI is InChI=1S/C12H10N4O3/c13-12(17)10-2-1-8(6-11(10)16(18)19)5-9-3-4-14-7-15-9/h1-4,6-7H,5H2,(H2,13,17). The summed E-state index contributed by atoms with van der Waals surface area (Å²) in [6, 6.07) is 6.03. The smallest absolute Gasteiger partial charge is 0.282 e. The van der Waals surface area contributed by atoms with Crippen LogP contribution in [-0.4, -0.2) is 20.8 Å². The van der Waals surface area contributed by atoms with E-state index in [4.69, 9.17) is 5.73 Å². The van der Waals surface area contributed by atoms with Crippen molar-refractivity contribution in [1.29, 1.82) is 0 Å². The lowest BCUT2D eigenvalue weighted by molar-refractivity contribution is -0.385. The van der Waals surface area contributed by atoms with Crippen LogP contribution in [0.25, 0.3) is 0 Å². The van der Waals surface area contributed by atoms with Gasteiger partial charge in [0.25, 0.3) is 11.6 Å². The predicted octanol–water partition coefficient (Wildman–Crippen LogP) is 1.07. The number of benzene rings is 1. The van der Waals surface area contributed by atoms with Gasteiger partial charge in [-0.3, -0.25) is 14.9 Å². The van der Waals surface area contributed by atoms with Gasteiger partial charge in [-0.25, -0.2) is 9.97 Å². The molecule has 0 aliphatic rings. The van der Waals surface area contributed by atoms with Crippen molar-refractivity contribution < 1.29 is 9.72 Å². The fourth-order valence-corrected chi connectivity index (χ4v) is 1.68. The molecule has 19 heavy (non-hydrogen) atoms. The highest BCUT2D eigenvalue weighted by Gasteiger charge is 2.18. The van der Waals surface area contributed by atoms with E-state index < -0.39 is 10.8 Å². The normalized spacial score (nSPS) is 10.1. The molecular formula is C12H10N4O3. The number of hydrogen-bond acceptors (Lipinski definition) is 5. The first-order valence-corrected chi connectivity index (χ1v) is 5.40. The molecule has 0 spiro atoms. The molecule has 2 N–H and O–H groups in total. The van der Waals surface area contributed by atoms with Crippen LogP contribution < -0.4 is 5.73 Å². The van der Waals surface area contributed by atoms with Gasteiger partial charge in [0.05, 0.1) is 4.92 Å². The summed E-state index contributed by atoms with van der Waals surface area (Å²) in [5, 5.41) is 10.9. The van der Waals surface area contributed by atoms with E-state index in [0.29, 0.717) is 12.0 Å². The third kappa shape index (κ3) is 2.89. The van der Waals surface area contributed by atoms with Crippen molar-refractivity contribution in [2.75, 3.05) is 0 Å². The monoisotopic (exact) mass is 258 g/mol. The zero-order valence-electron chi connectivity index (χ0n) is 9.81. The molecule has 0 bridgehead atoms. The summed E-state index contributed by atoms with van der Waals surface area (Å²) >= 11 is 0. The zero-order chi connectivity index (χ0) is 13.8. The first kappa shape index (κ1) is 12.6. The third-order valence-electron chi connectivity index (χ3n) is 2.55. The minimum absolute atomic E-state index is 0.101. The molecule has 1 heterocycles. The Labute approximate surface area is 108 Å². The molecule has 0 unspecified atom stereocenters. The fraction of sp³-hybridized carbons (Fsp3) is 0.0833. The first-order chi connectivity index (χ1) is 9.08. The van der Waals surface area contributed by atoms with Crippen LogP contribution in [0.3, 0.4) is 0 Å². The molecule has 0 aliphatic carbocycles. The number of nitrogens with zero attached hydrogens (tertiary/aromatic N) is 3. The highest BCUT2D eigenvalue weighted by molar-refractivity contribution is 5.96. The minimum atomic E-state index is -0.819. The summed E-state index contributed by atoms with van der Waals surface area (Å²) in [4.78, 5) is 29.2. The Morgan fingerprint density at radius 3 is 2.74 bits per heavy atom. The maximum atomic E-state index is 11.1. The Kier molecular flexibility index (Phi) is 3.46. The number of aromatic nitrogens is 2. The molecule has 1 amide bonds. The topological polar surface area (TPSA) is 112 Å². The van der Waals surface area contributed by atoms with E-state index >= 15 is 0 Å². The minimum Gasteiger partial charge on any atom is -0.365 e. The van der Waals surface area contributed by atoms with Crippen molar-refractivity contribution in [3.63, 3.8) is 0 Å². The first-order valence-electron chi connectivity index (χ1n) is 5.40. The Hall–Kier alpha value is -2.83. The third-order valence-corrected chi connectivity index (χ3v) is 2.55. The predicted molar refractivity (Wildman–Crippen MR) is 66.5 cm³/mol. The zero-order valence-corrected chi connectivity index (χ0v) is 9.81. The lowest BCUT2D eigenvalue weighted by Crippen LogP contribution is -2.13. The number of primary amides is 1. The lowest BCUT2D eigenvalue weighted by Gasteiger charge is -2.03. The number of rotatable bonds is 4. The molecule has 7 nitrogen and oxygen atoms in total. The Balaban J connectivity index is 2.36. The number of nitro groups is 1. The van der Waals surface area contributed by atoms with E-state index in [9.17, 15) is 14.9 Å². The molecule has 0 aliphatic heterocycles. The molecule has 2 rings (SSSR count). The second-order valence-electron chi connectivity index (χ2n) is 3.85. The van der Waals surface area contributed by atoms with Crippen molar-refractivity contribution in [3.05, 3.63) is 63.7 Å². The molecule has 1 aromatic heterocycles. The van der Waals surface area contributed by atoms with Crippen molar-refractivity contribution >= 4 is 11.6 Å². The Bertz CT molecular complexity index is 628. The summed E-state index contributed by atoms with van der Waals surface area (Å²) in [6.45, 7) is 0. The van der Waals surface area contributed by atoms with E-state index in [-0.39, 0.29) is 11.3 Å². The van der Waals surface area contributed by atoms with Crippen molar-refractivity contribution in [3.8, 4) is 0 Å². The van der Waals surface area contributed by atoms with Crippen LogP contribution in [0.15, 0.2) is 36.8 Å². The van der Waals surface area contributed by atoms with Crippen molar-refractivity contribution in [2.45, 2.75) is 6.42 Å². The van der Waals surface area contributed by atoms with Crippen LogP contribution in [0.2, 0.25) is 0 Å². The average Bonchev–Trinajstić information content (AvgIpc) is 2.39. The number of carbonyl (C=O) groups is 1. The van der Waals surface area contributed by atoms with E-state index in [0.717, 1.165) is 5.69 Å². The highest BCUT2D eigenvalue weighted by Crippen LogP contribution is 2.21. The Morgan fingerprint density at radius 2 is 2.16 bits per heavy atom. The van der Waals surface area contributed by atoms with Gasteiger partial charge in [0.1, 0.15) is 11.9 Å². The van der Waals surface area contributed by atoms with Gasteiger partial charge < -0.3 is 5.73 Å². The van der Waals surface area contributed by atoms with E-state index in [1.807, 2.05) is 0 Å². The molecule has 0 atom stereocenters. The highest BCUT2D eigenvalue weighted by atomic mass is 16.6. The maximum absolute atomic E-state index is 11.1. The quantitative estimate of drug-likeness (QED) is 0.651. The van der Waals surface area contributed by atoms with Gasteiger partial charge in [-0.1, -0.05) is 6.07 Å². The maximum Gasteiger partial charge on any atom is 0.282 e. The molecule has 0 radical (unpaired) electrons. The van der Waals surface area contributed by atoms with Gasteiger partial charge in [0.15, 0.2) is 0 Å². The van der Waals surface area contributed by atoms with Gasteiger partial charge in [-0.15, -0.1) is 0 Å². The summed E-state index contributed by atoms with van der Waals surface area (Å²) in [6.07, 6.45) is 3.42. The Morgan fingerprint density at radius 1 is 1.37 bits per heavy atom. The molecular weight excluding hydrogens is 248 g/mol. The van der Waals surface area contributed by atoms with Gasteiger partial charge in [-0.2, -0.15) is 0 Å². The van der Waals surface area contributed by atoms with Crippen LogP contribution in [0, 0.1) is 10.1 Å². The van der Waals surface area contributed by atoms with Crippen LogP contribution in [0.5, 0.6) is 0 Å². The van der Waals surface area contributed by atoms with Crippen molar-refractivity contribution in [1.82, 2.24) is 9.97 Å². The van der Waals surface area contributed by atoms with Gasteiger partial charge in [0, 0.05) is 24.4 Å². The molecule has 1 aromatic carbocycles. The lowest BCUT2D eigenvalue weighted by atomic mass is 10.0. The molecule has 96 valence electrons. The number of hydrogen-bond donors (Lipinski definition) is 1. The summed E-state index contributed by atoms with van der Waals surface area (Å²) in [5.41, 5.74) is 6.11. The average molecular weight is 258 g/mol. The second kappa shape index (κ2) is 5.21. The van der Waals surface area contributed by atoms with Crippen LogP contribution in [-0.2, 0) is 6.42 Å². The van der Waals surface area contributed by atoms with Crippen LogP contribution in [0.4, 0.5) is 5.69 Å². The van der Waals surface area contributed by atoms with Crippen molar-refractivity contribution in [2.24, 2.45) is 5.73 Å². The summed E-state index contributed by atoms with van der Waals surface area (Å²) in [7, 11) is 0. The molecule has 0 saturated carbocycles. The number of nitro benzene ring substituents is 1. The molecule has 0 saturated heterocycles. The van der Waals surface area contributed by atoms with Gasteiger partial charge >= 0.3 is 0 Å². The summed E-state index contributed by atoms with van der Waals surface area (Å²) < 4.78 is 0. The molecule has 2 aromatic rings. The second-order valence-corrected chi connectivity index (χ2v) is 3.85. The fourth-order valence-electron chi connectivity index (χ4n) is 1.68. The van der Waals surface area contributed by atoms with E-state index in [2.05, 4.69) is 9.97 Å². The molecule has 0 fully saturated rings. The molecule has 7 heteroatoms. The number of carbonyl (C=O) groups excluding carboxylic acids is 1. The largest absolute Gasteiger partial charge is 0.365 e. The van der Waals surface area contributed by atoms with Crippen LogP contribution >= 0.6 is 0 Å². The SMILES string of the molecule is NC(=O)c1ccc(Cc2ccncn2)cc1[N+](=O)[O-]. The summed E-state index contributed by atoms with van der Waals surface area (Å²) in [5.74, 6) is -0.819. The van der Waals surface area contributed by atoms with E-state index in [1.165, 1.54) is 18.5 Å². The van der Waals surface area contributed by atoms with E-state index in [1.54, 1.807) is 18.3 Å². The number of amides is 1.